The molecule has 2 unspecified atom stereocenters. The van der Waals surface area contributed by atoms with Gasteiger partial charge in [0.15, 0.2) is 0 Å². The Balaban J connectivity index is 1.65. The van der Waals surface area contributed by atoms with Crippen molar-refractivity contribution < 1.29 is 9.59 Å². The van der Waals surface area contributed by atoms with Crippen LogP contribution < -0.4 is 10.6 Å². The molecular weight excluding hydrogens is 420 g/mol. The van der Waals surface area contributed by atoms with Crippen LogP contribution in [0.15, 0.2) is 96.8 Å². The van der Waals surface area contributed by atoms with Gasteiger partial charge >= 0.3 is 0 Å². The molecule has 0 aliphatic heterocycles. The Bertz CT molecular complexity index is 1140. The van der Waals surface area contributed by atoms with E-state index in [1.165, 1.54) is 29.9 Å². The number of nitrogens with one attached hydrogen (secondary N) is 2. The van der Waals surface area contributed by atoms with E-state index in [4.69, 9.17) is 0 Å². The summed E-state index contributed by atoms with van der Waals surface area (Å²) in [6.07, 6.45) is 4.39. The van der Waals surface area contributed by atoms with Gasteiger partial charge in [0.25, 0.3) is 5.91 Å². The zero-order valence-electron chi connectivity index (χ0n) is 17.2. The first-order valence-corrected chi connectivity index (χ1v) is 11.1. The molecule has 0 bridgehead atoms. The molecule has 0 fully saturated rings. The molecule has 4 rings (SSSR count). The summed E-state index contributed by atoms with van der Waals surface area (Å²) in [6.45, 7) is 0.401. The summed E-state index contributed by atoms with van der Waals surface area (Å²) in [6, 6.07) is 22.5. The number of benzene rings is 2. The maximum atomic E-state index is 13.5. The van der Waals surface area contributed by atoms with Crippen LogP contribution in [0.2, 0.25) is 0 Å². The summed E-state index contributed by atoms with van der Waals surface area (Å²) < 4.78 is 0. The molecule has 0 saturated carbocycles. The molecule has 0 saturated heterocycles. The molecule has 0 aliphatic rings. The molecule has 2 atom stereocenters. The molecular formula is C25H22N4O2S. The van der Waals surface area contributed by atoms with Gasteiger partial charge < -0.3 is 10.6 Å². The van der Waals surface area contributed by atoms with Gasteiger partial charge in [0.1, 0.15) is 5.69 Å². The lowest BCUT2D eigenvalue weighted by Crippen LogP contribution is -2.40. The molecule has 0 spiro atoms. The Kier molecular flexibility index (Phi) is 6.99. The van der Waals surface area contributed by atoms with Crippen LogP contribution in [0.3, 0.4) is 0 Å². The number of rotatable bonds is 8. The highest BCUT2D eigenvalue weighted by Crippen LogP contribution is 2.34. The number of nitrogens with zero attached hydrogens (tertiary/aromatic N) is 2. The predicted molar refractivity (Wildman–Crippen MR) is 124 cm³/mol. The summed E-state index contributed by atoms with van der Waals surface area (Å²) in [5.41, 5.74) is 2.02. The molecule has 2 N–H and O–H groups in total. The average Bonchev–Trinajstić information content (AvgIpc) is 3.39. The highest BCUT2D eigenvalue weighted by atomic mass is 32.1. The zero-order valence-corrected chi connectivity index (χ0v) is 18.0. The van der Waals surface area contributed by atoms with Crippen molar-refractivity contribution in [3.63, 3.8) is 0 Å². The van der Waals surface area contributed by atoms with E-state index in [0.29, 0.717) is 6.54 Å². The SMILES string of the molecule is O=C(NC(c1cccs1)C(C(=O)NCc1ccccc1)c1ccccc1)c1cnccn1. The Labute approximate surface area is 190 Å². The fraction of sp³-hybridized carbons (Fsp3) is 0.120. The average molecular weight is 443 g/mol. The molecule has 7 heteroatoms. The van der Waals surface area contributed by atoms with Crippen molar-refractivity contribution in [3.8, 4) is 0 Å². The Morgan fingerprint density at radius 1 is 0.906 bits per heavy atom. The lowest BCUT2D eigenvalue weighted by Gasteiger charge is -2.27. The summed E-state index contributed by atoms with van der Waals surface area (Å²) in [7, 11) is 0. The van der Waals surface area contributed by atoms with Gasteiger partial charge in [0, 0.05) is 23.8 Å². The second-order valence-electron chi connectivity index (χ2n) is 7.15. The van der Waals surface area contributed by atoms with E-state index in [9.17, 15) is 9.59 Å². The Morgan fingerprint density at radius 3 is 2.31 bits per heavy atom. The molecule has 0 aliphatic carbocycles. The summed E-state index contributed by atoms with van der Waals surface area (Å²) in [5, 5.41) is 7.99. The number of carbonyl (C=O) groups is 2. The van der Waals surface area contributed by atoms with Crippen molar-refractivity contribution in [2.24, 2.45) is 0 Å². The van der Waals surface area contributed by atoms with Crippen LogP contribution in [-0.2, 0) is 11.3 Å². The highest BCUT2D eigenvalue weighted by molar-refractivity contribution is 7.10. The zero-order chi connectivity index (χ0) is 22.2. The van der Waals surface area contributed by atoms with E-state index in [1.807, 2.05) is 78.2 Å². The van der Waals surface area contributed by atoms with Crippen LogP contribution in [0.25, 0.3) is 0 Å². The van der Waals surface area contributed by atoms with Crippen molar-refractivity contribution in [2.45, 2.75) is 18.5 Å². The molecule has 160 valence electrons. The Hall–Kier alpha value is -3.84. The van der Waals surface area contributed by atoms with E-state index in [0.717, 1.165) is 16.0 Å². The third-order valence-electron chi connectivity index (χ3n) is 5.02. The second kappa shape index (κ2) is 10.5. The lowest BCUT2D eigenvalue weighted by atomic mass is 9.89. The number of aromatic nitrogens is 2. The van der Waals surface area contributed by atoms with Gasteiger partial charge in [-0.25, -0.2) is 4.98 Å². The number of hydrogen-bond acceptors (Lipinski definition) is 5. The highest BCUT2D eigenvalue weighted by Gasteiger charge is 2.33. The number of hydrogen-bond donors (Lipinski definition) is 2. The maximum absolute atomic E-state index is 13.5. The predicted octanol–water partition coefficient (Wildman–Crippen LogP) is 4.11. The van der Waals surface area contributed by atoms with Crippen LogP contribution in [0, 0.1) is 0 Å². The minimum absolute atomic E-state index is 0.169. The van der Waals surface area contributed by atoms with Crippen molar-refractivity contribution in [1.82, 2.24) is 20.6 Å². The van der Waals surface area contributed by atoms with Crippen molar-refractivity contribution in [3.05, 3.63) is 118 Å². The quantitative estimate of drug-likeness (QED) is 0.430. The smallest absolute Gasteiger partial charge is 0.272 e. The fourth-order valence-electron chi connectivity index (χ4n) is 3.47. The molecule has 6 nitrogen and oxygen atoms in total. The third kappa shape index (κ3) is 5.25. The summed E-state index contributed by atoms with van der Waals surface area (Å²) >= 11 is 1.49. The van der Waals surface area contributed by atoms with Gasteiger partial charge in [-0.2, -0.15) is 0 Å². The van der Waals surface area contributed by atoms with Gasteiger partial charge in [-0.05, 0) is 22.6 Å². The van der Waals surface area contributed by atoms with Crippen LogP contribution in [0.5, 0.6) is 0 Å². The van der Waals surface area contributed by atoms with Crippen molar-refractivity contribution in [1.29, 1.82) is 0 Å². The van der Waals surface area contributed by atoms with E-state index in [-0.39, 0.29) is 17.5 Å². The van der Waals surface area contributed by atoms with E-state index >= 15 is 0 Å². The Morgan fingerprint density at radius 2 is 1.66 bits per heavy atom. The van der Waals surface area contributed by atoms with Gasteiger partial charge in [0.05, 0.1) is 18.2 Å². The molecule has 32 heavy (non-hydrogen) atoms. The van der Waals surface area contributed by atoms with Crippen LogP contribution >= 0.6 is 11.3 Å². The van der Waals surface area contributed by atoms with E-state index < -0.39 is 12.0 Å². The summed E-state index contributed by atoms with van der Waals surface area (Å²) in [5.74, 6) is -1.18. The second-order valence-corrected chi connectivity index (χ2v) is 8.13. The summed E-state index contributed by atoms with van der Waals surface area (Å²) in [4.78, 5) is 35.4. The normalized spacial score (nSPS) is 12.5. The first-order valence-electron chi connectivity index (χ1n) is 10.2. The minimum Gasteiger partial charge on any atom is -0.351 e. The molecule has 0 radical (unpaired) electrons. The lowest BCUT2D eigenvalue weighted by molar-refractivity contribution is -0.123. The first-order chi connectivity index (χ1) is 15.7. The van der Waals surface area contributed by atoms with Gasteiger partial charge in [0.2, 0.25) is 5.91 Å². The molecule has 2 aromatic heterocycles. The fourth-order valence-corrected chi connectivity index (χ4v) is 4.28. The third-order valence-corrected chi connectivity index (χ3v) is 5.97. The van der Waals surface area contributed by atoms with Crippen molar-refractivity contribution in [2.75, 3.05) is 0 Å². The molecule has 2 aromatic carbocycles. The molecule has 4 aromatic rings. The number of amides is 2. The number of carbonyl (C=O) groups excluding carboxylic acids is 2. The topological polar surface area (TPSA) is 84.0 Å². The van der Waals surface area contributed by atoms with Crippen molar-refractivity contribution >= 4 is 23.2 Å². The van der Waals surface area contributed by atoms with E-state index in [1.54, 1.807) is 0 Å². The van der Waals surface area contributed by atoms with Gasteiger partial charge in [-0.1, -0.05) is 66.7 Å². The molecule has 2 amide bonds. The minimum atomic E-state index is -0.626. The van der Waals surface area contributed by atoms with Gasteiger partial charge in [-0.15, -0.1) is 11.3 Å². The van der Waals surface area contributed by atoms with E-state index in [2.05, 4.69) is 20.6 Å². The largest absolute Gasteiger partial charge is 0.351 e. The first kappa shape index (κ1) is 21.4. The monoisotopic (exact) mass is 442 g/mol. The van der Waals surface area contributed by atoms with Crippen LogP contribution in [0.1, 0.15) is 38.5 Å². The number of thiophene rings is 1. The molecule has 2 heterocycles. The van der Waals surface area contributed by atoms with Crippen LogP contribution in [-0.4, -0.2) is 21.8 Å². The van der Waals surface area contributed by atoms with Gasteiger partial charge in [-0.3, -0.25) is 14.6 Å². The standard InChI is InChI=1S/C25H22N4O2S/c30-24(20-17-26-13-14-27-20)29-23(21-12-7-15-32-21)22(19-10-5-2-6-11-19)25(31)28-16-18-8-3-1-4-9-18/h1-15,17,22-23H,16H2,(H,28,31)(H,29,30). The van der Waals surface area contributed by atoms with Crippen LogP contribution in [0.4, 0.5) is 0 Å². The maximum Gasteiger partial charge on any atom is 0.272 e.